The van der Waals surface area contributed by atoms with Crippen LogP contribution in [0.3, 0.4) is 0 Å². The van der Waals surface area contributed by atoms with Crippen molar-refractivity contribution < 1.29 is 27.2 Å². The zero-order valence-electron chi connectivity index (χ0n) is 15.9. The number of sulfone groups is 1. The summed E-state index contributed by atoms with van der Waals surface area (Å²) in [5.74, 6) is 0.380. The van der Waals surface area contributed by atoms with Gasteiger partial charge in [-0.15, -0.1) is 0 Å². The maximum Gasteiger partial charge on any atom is 0.342 e. The number of ether oxygens (including phenoxy) is 1. The normalized spacial score (nSPS) is 18.6. The summed E-state index contributed by atoms with van der Waals surface area (Å²) in [5, 5.41) is 0. The van der Waals surface area contributed by atoms with Gasteiger partial charge in [-0.3, -0.25) is 4.79 Å². The third-order valence-electron chi connectivity index (χ3n) is 4.95. The van der Waals surface area contributed by atoms with Crippen LogP contribution in [-0.2, 0) is 14.6 Å². The molecule has 3 rings (SSSR count). The monoisotopic (exact) mass is 393 g/mol. The number of esters is 1. The van der Waals surface area contributed by atoms with Crippen LogP contribution in [0, 0.1) is 27.7 Å². The maximum absolute atomic E-state index is 12.6. The molecule has 0 spiro atoms. The Morgan fingerprint density at radius 1 is 1.19 bits per heavy atom. The van der Waals surface area contributed by atoms with Crippen molar-refractivity contribution in [3.8, 4) is 0 Å². The lowest BCUT2D eigenvalue weighted by Gasteiger charge is -2.16. The lowest BCUT2D eigenvalue weighted by molar-refractivity contribution is 0.0472. The van der Waals surface area contributed by atoms with Gasteiger partial charge in [-0.25, -0.2) is 13.2 Å². The summed E-state index contributed by atoms with van der Waals surface area (Å²) in [6.07, 6.45) is 0.542. The number of rotatable bonds is 5. The number of hydrogen-bond acceptors (Lipinski definition) is 6. The second-order valence-electron chi connectivity index (χ2n) is 7.04. The molecule has 1 atom stereocenters. The fourth-order valence-corrected chi connectivity index (χ4v) is 5.42. The Morgan fingerprint density at radius 3 is 2.44 bits per heavy atom. The molecule has 2 aromatic heterocycles. The van der Waals surface area contributed by atoms with E-state index in [9.17, 15) is 18.0 Å². The highest BCUT2D eigenvalue weighted by Gasteiger charge is 2.31. The van der Waals surface area contributed by atoms with Gasteiger partial charge in [0.25, 0.3) is 0 Å². The Morgan fingerprint density at radius 2 is 1.89 bits per heavy atom. The molecule has 0 amide bonds. The molecular weight excluding hydrogens is 370 g/mol. The van der Waals surface area contributed by atoms with E-state index in [1.165, 1.54) is 0 Å². The minimum atomic E-state index is -3.03. The molecule has 1 aliphatic rings. The number of hydrogen-bond donors (Lipinski definition) is 0. The quantitative estimate of drug-likeness (QED) is 0.572. The van der Waals surface area contributed by atoms with E-state index in [4.69, 9.17) is 9.15 Å². The first-order valence-corrected chi connectivity index (χ1v) is 10.6. The molecule has 2 aromatic rings. The Bertz CT molecular complexity index is 1010. The van der Waals surface area contributed by atoms with Gasteiger partial charge in [-0.2, -0.15) is 0 Å². The lowest BCUT2D eigenvalue weighted by atomic mass is 10.1. The van der Waals surface area contributed by atoms with Crippen LogP contribution in [-0.4, -0.2) is 42.9 Å². The number of aryl methyl sites for hydroxylation is 3. The van der Waals surface area contributed by atoms with Crippen molar-refractivity contribution in [1.29, 1.82) is 0 Å². The average Bonchev–Trinajstić information content (AvgIpc) is 3.20. The summed E-state index contributed by atoms with van der Waals surface area (Å²) in [6.45, 7) is 6.65. The second kappa shape index (κ2) is 6.99. The van der Waals surface area contributed by atoms with Crippen molar-refractivity contribution in [1.82, 2.24) is 4.57 Å². The highest BCUT2D eigenvalue weighted by atomic mass is 32.2. The number of aromatic nitrogens is 1. The minimum Gasteiger partial charge on any atom is -0.466 e. The van der Waals surface area contributed by atoms with E-state index in [0.29, 0.717) is 34.8 Å². The largest absolute Gasteiger partial charge is 0.466 e. The predicted octanol–water partition coefficient (Wildman–Crippen LogP) is 2.71. The molecule has 0 unspecified atom stereocenters. The third kappa shape index (κ3) is 3.85. The van der Waals surface area contributed by atoms with E-state index >= 15 is 0 Å². The zero-order chi connectivity index (χ0) is 19.9. The first kappa shape index (κ1) is 19.4. The number of furan rings is 1. The molecule has 1 fully saturated rings. The zero-order valence-corrected chi connectivity index (χ0v) is 16.7. The van der Waals surface area contributed by atoms with E-state index < -0.39 is 15.8 Å². The van der Waals surface area contributed by atoms with E-state index in [1.807, 2.05) is 11.5 Å². The number of ketones is 1. The van der Waals surface area contributed by atoms with Gasteiger partial charge in [-0.1, -0.05) is 0 Å². The van der Waals surface area contributed by atoms with Crippen LogP contribution in [0.4, 0.5) is 0 Å². The van der Waals surface area contributed by atoms with Crippen LogP contribution in [0.15, 0.2) is 16.5 Å². The first-order chi connectivity index (χ1) is 12.6. The van der Waals surface area contributed by atoms with E-state index in [-0.39, 0.29) is 29.9 Å². The van der Waals surface area contributed by atoms with Crippen LogP contribution < -0.4 is 0 Å². The van der Waals surface area contributed by atoms with Crippen molar-refractivity contribution >= 4 is 21.6 Å². The molecule has 7 nitrogen and oxygen atoms in total. The second-order valence-corrected chi connectivity index (χ2v) is 9.27. The molecule has 0 aromatic carbocycles. The van der Waals surface area contributed by atoms with Gasteiger partial charge in [-0.05, 0) is 46.2 Å². The van der Waals surface area contributed by atoms with Crippen molar-refractivity contribution in [2.45, 2.75) is 40.2 Å². The Balaban J connectivity index is 1.73. The van der Waals surface area contributed by atoms with Crippen LogP contribution in [0.25, 0.3) is 0 Å². The SMILES string of the molecule is Cc1cc(C(=O)OCC(=O)c2cc(C)n([C@H]3CCS(=O)(=O)C3)c2C)c(C)o1. The summed E-state index contributed by atoms with van der Waals surface area (Å²) in [6, 6.07) is 3.15. The number of carbonyl (C=O) groups excluding carboxylic acids is 2. The molecular formula is C19H23NO6S. The summed E-state index contributed by atoms with van der Waals surface area (Å²) in [7, 11) is -3.03. The van der Waals surface area contributed by atoms with Gasteiger partial charge in [0.2, 0.25) is 5.78 Å². The first-order valence-electron chi connectivity index (χ1n) is 8.75. The standard InChI is InChI=1S/C19H23NO6S/c1-11-7-16(13(3)20(11)15-5-6-27(23,24)10-15)18(21)9-25-19(22)17-8-12(2)26-14(17)4/h7-8,15H,5-6,9-10H2,1-4H3/t15-/m0/s1. The maximum atomic E-state index is 12.6. The Hall–Kier alpha value is -2.35. The lowest BCUT2D eigenvalue weighted by Crippen LogP contribution is -2.17. The number of nitrogens with zero attached hydrogens (tertiary/aromatic N) is 1. The van der Waals surface area contributed by atoms with Crippen LogP contribution >= 0.6 is 0 Å². The van der Waals surface area contributed by atoms with E-state index in [0.717, 1.165) is 5.69 Å². The van der Waals surface area contributed by atoms with Gasteiger partial charge in [0.05, 0.1) is 11.5 Å². The van der Waals surface area contributed by atoms with E-state index in [1.54, 1.807) is 32.9 Å². The molecule has 8 heteroatoms. The van der Waals surface area contributed by atoms with Crippen molar-refractivity contribution in [2.75, 3.05) is 18.1 Å². The predicted molar refractivity (Wildman–Crippen MR) is 99.0 cm³/mol. The van der Waals surface area contributed by atoms with Gasteiger partial charge in [0, 0.05) is 23.0 Å². The Kier molecular flexibility index (Phi) is 5.03. The summed E-state index contributed by atoms with van der Waals surface area (Å²) in [4.78, 5) is 24.7. The molecule has 0 radical (unpaired) electrons. The smallest absolute Gasteiger partial charge is 0.342 e. The Labute approximate surface area is 158 Å². The molecule has 3 heterocycles. The number of carbonyl (C=O) groups is 2. The topological polar surface area (TPSA) is 95.6 Å². The highest BCUT2D eigenvalue weighted by Crippen LogP contribution is 2.29. The molecule has 1 saturated heterocycles. The molecule has 1 aliphatic heterocycles. The van der Waals surface area contributed by atoms with Gasteiger partial charge in [0.15, 0.2) is 16.4 Å². The fourth-order valence-electron chi connectivity index (χ4n) is 3.72. The third-order valence-corrected chi connectivity index (χ3v) is 6.70. The minimum absolute atomic E-state index is 0.0884. The highest BCUT2D eigenvalue weighted by molar-refractivity contribution is 7.91. The molecule has 0 bridgehead atoms. The summed E-state index contributed by atoms with van der Waals surface area (Å²) >= 11 is 0. The van der Waals surface area contributed by atoms with Crippen LogP contribution in [0.1, 0.15) is 56.1 Å². The summed E-state index contributed by atoms with van der Waals surface area (Å²) < 4.78 is 35.9. The van der Waals surface area contributed by atoms with Gasteiger partial charge < -0.3 is 13.7 Å². The van der Waals surface area contributed by atoms with Crippen LogP contribution in [0.2, 0.25) is 0 Å². The molecule has 0 aliphatic carbocycles. The van der Waals surface area contributed by atoms with Gasteiger partial charge in [0.1, 0.15) is 17.1 Å². The van der Waals surface area contributed by atoms with E-state index in [2.05, 4.69) is 0 Å². The molecule has 27 heavy (non-hydrogen) atoms. The number of Topliss-reactive ketones (excluding diaryl/α,β-unsaturated/α-hetero) is 1. The average molecular weight is 393 g/mol. The van der Waals surface area contributed by atoms with Crippen molar-refractivity contribution in [2.24, 2.45) is 0 Å². The molecule has 146 valence electrons. The van der Waals surface area contributed by atoms with Crippen molar-refractivity contribution in [3.05, 3.63) is 46.2 Å². The molecule has 0 saturated carbocycles. The fraction of sp³-hybridized carbons (Fsp3) is 0.474. The summed E-state index contributed by atoms with van der Waals surface area (Å²) in [5.41, 5.74) is 2.28. The van der Waals surface area contributed by atoms with Crippen molar-refractivity contribution in [3.63, 3.8) is 0 Å². The van der Waals surface area contributed by atoms with Gasteiger partial charge >= 0.3 is 5.97 Å². The molecule has 0 N–H and O–H groups in total. The van der Waals surface area contributed by atoms with Crippen LogP contribution in [0.5, 0.6) is 0 Å².